The normalized spacial score (nSPS) is 12.1. The molecular formula is C23H29NO4. The van der Waals surface area contributed by atoms with E-state index >= 15 is 0 Å². The van der Waals surface area contributed by atoms with Crippen molar-refractivity contribution in [3.8, 4) is 5.75 Å². The smallest absolute Gasteiger partial charge is 0.343 e. The van der Waals surface area contributed by atoms with E-state index < -0.39 is 12.1 Å². The SMILES string of the molecule is CC(C)c1cc(C(=O)O[C@@H](C(=O)N(C)C)c2ccccc2)c(O)c(C(C)C)c1. The molecule has 0 saturated carbocycles. The number of amides is 1. The first-order chi connectivity index (χ1) is 13.1. The molecule has 2 aromatic carbocycles. The summed E-state index contributed by atoms with van der Waals surface area (Å²) in [7, 11) is 3.22. The Morgan fingerprint density at radius 1 is 0.929 bits per heavy atom. The zero-order valence-corrected chi connectivity index (χ0v) is 17.4. The van der Waals surface area contributed by atoms with Gasteiger partial charge < -0.3 is 14.7 Å². The number of rotatable bonds is 6. The van der Waals surface area contributed by atoms with Crippen molar-refractivity contribution in [3.63, 3.8) is 0 Å². The molecule has 5 nitrogen and oxygen atoms in total. The van der Waals surface area contributed by atoms with Crippen molar-refractivity contribution in [2.45, 2.75) is 45.6 Å². The van der Waals surface area contributed by atoms with Crippen molar-refractivity contribution in [1.29, 1.82) is 0 Å². The fourth-order valence-electron chi connectivity index (χ4n) is 2.90. The second kappa shape index (κ2) is 8.91. The molecule has 1 atom stereocenters. The third-order valence-corrected chi connectivity index (χ3v) is 4.66. The molecule has 2 aromatic rings. The first-order valence-corrected chi connectivity index (χ1v) is 9.47. The number of hydrogen-bond donors (Lipinski definition) is 1. The molecule has 1 N–H and O–H groups in total. The van der Waals surface area contributed by atoms with Crippen LogP contribution in [0.4, 0.5) is 0 Å². The lowest BCUT2D eigenvalue weighted by molar-refractivity contribution is -0.138. The minimum absolute atomic E-state index is 0.0403. The minimum Gasteiger partial charge on any atom is -0.507 e. The fourth-order valence-corrected chi connectivity index (χ4v) is 2.90. The molecule has 0 radical (unpaired) electrons. The molecule has 5 heteroatoms. The standard InChI is InChI=1S/C23H29NO4/c1-14(2)17-12-18(15(3)4)20(25)19(13-17)23(27)28-21(22(26)24(5)6)16-10-8-7-9-11-16/h7-15,21,25H,1-6H3/t21-/m1/s1. The number of esters is 1. The van der Waals surface area contributed by atoms with Crippen LogP contribution in [-0.4, -0.2) is 36.0 Å². The van der Waals surface area contributed by atoms with Crippen molar-refractivity contribution in [3.05, 3.63) is 64.7 Å². The van der Waals surface area contributed by atoms with Crippen molar-refractivity contribution in [2.75, 3.05) is 14.1 Å². The van der Waals surface area contributed by atoms with Crippen molar-refractivity contribution >= 4 is 11.9 Å². The Morgan fingerprint density at radius 2 is 1.54 bits per heavy atom. The second-order valence-corrected chi connectivity index (χ2v) is 7.74. The Balaban J connectivity index is 2.47. The van der Waals surface area contributed by atoms with Crippen LogP contribution in [0.1, 0.15) is 72.7 Å². The summed E-state index contributed by atoms with van der Waals surface area (Å²) < 4.78 is 5.61. The van der Waals surface area contributed by atoms with Crippen LogP contribution in [0.15, 0.2) is 42.5 Å². The summed E-state index contributed by atoms with van der Waals surface area (Å²) >= 11 is 0. The molecule has 0 heterocycles. The molecule has 0 spiro atoms. The molecule has 0 aliphatic carbocycles. The molecule has 0 aliphatic heterocycles. The Morgan fingerprint density at radius 3 is 2.04 bits per heavy atom. The van der Waals surface area contributed by atoms with E-state index in [4.69, 9.17) is 4.74 Å². The number of carbonyl (C=O) groups is 2. The number of ether oxygens (including phenoxy) is 1. The monoisotopic (exact) mass is 383 g/mol. The molecule has 0 bridgehead atoms. The predicted octanol–water partition coefficient (Wildman–Crippen LogP) is 4.63. The molecule has 0 aliphatic rings. The molecular weight excluding hydrogens is 354 g/mol. The van der Waals surface area contributed by atoms with Gasteiger partial charge in [-0.15, -0.1) is 0 Å². The summed E-state index contributed by atoms with van der Waals surface area (Å²) in [6.07, 6.45) is -1.08. The zero-order valence-electron chi connectivity index (χ0n) is 17.4. The van der Waals surface area contributed by atoms with E-state index in [2.05, 4.69) is 0 Å². The van der Waals surface area contributed by atoms with Crippen LogP contribution < -0.4 is 0 Å². The molecule has 0 saturated heterocycles. The van der Waals surface area contributed by atoms with Gasteiger partial charge in [-0.05, 0) is 29.0 Å². The highest BCUT2D eigenvalue weighted by Crippen LogP contribution is 2.34. The number of likely N-dealkylation sites (N-methyl/N-ethyl adjacent to an activating group) is 1. The molecule has 0 fully saturated rings. The maximum absolute atomic E-state index is 13.0. The molecule has 0 unspecified atom stereocenters. The molecule has 0 aromatic heterocycles. The lowest BCUT2D eigenvalue weighted by atomic mass is 9.92. The number of nitrogens with zero attached hydrogens (tertiary/aromatic N) is 1. The molecule has 150 valence electrons. The fraction of sp³-hybridized carbons (Fsp3) is 0.391. The van der Waals surface area contributed by atoms with Crippen molar-refractivity contribution in [2.24, 2.45) is 0 Å². The van der Waals surface area contributed by atoms with Crippen LogP contribution in [0, 0.1) is 0 Å². The van der Waals surface area contributed by atoms with Gasteiger partial charge in [-0.3, -0.25) is 4.79 Å². The van der Waals surface area contributed by atoms with Crippen LogP contribution in [0.3, 0.4) is 0 Å². The first kappa shape index (κ1) is 21.5. The van der Waals surface area contributed by atoms with E-state index in [0.29, 0.717) is 11.1 Å². The predicted molar refractivity (Wildman–Crippen MR) is 110 cm³/mol. The van der Waals surface area contributed by atoms with Gasteiger partial charge in [0.2, 0.25) is 6.10 Å². The Hall–Kier alpha value is -2.82. The summed E-state index contributed by atoms with van der Waals surface area (Å²) in [5, 5.41) is 10.7. The average Bonchev–Trinajstić information content (AvgIpc) is 2.65. The van der Waals surface area contributed by atoms with Gasteiger partial charge in [0.15, 0.2) is 0 Å². The summed E-state index contributed by atoms with van der Waals surface area (Å²) in [4.78, 5) is 27.0. The van der Waals surface area contributed by atoms with Crippen LogP contribution in [0.25, 0.3) is 0 Å². The van der Waals surface area contributed by atoms with Gasteiger partial charge in [0.25, 0.3) is 5.91 Å². The van der Waals surface area contributed by atoms with Crippen molar-refractivity contribution in [1.82, 2.24) is 4.90 Å². The lowest BCUT2D eigenvalue weighted by Crippen LogP contribution is -2.31. The molecule has 28 heavy (non-hydrogen) atoms. The van der Waals surface area contributed by atoms with Gasteiger partial charge in [0, 0.05) is 19.7 Å². The number of carbonyl (C=O) groups excluding carboxylic acids is 2. The lowest BCUT2D eigenvalue weighted by Gasteiger charge is -2.22. The summed E-state index contributed by atoms with van der Waals surface area (Å²) in [5.41, 5.74) is 2.29. The highest BCUT2D eigenvalue weighted by Gasteiger charge is 2.29. The van der Waals surface area contributed by atoms with Crippen LogP contribution in [0.2, 0.25) is 0 Å². The summed E-state index contributed by atoms with van der Waals surface area (Å²) in [6.45, 7) is 7.95. The number of benzene rings is 2. The topological polar surface area (TPSA) is 66.8 Å². The highest BCUT2D eigenvalue weighted by molar-refractivity contribution is 5.95. The zero-order chi connectivity index (χ0) is 21.0. The van der Waals surface area contributed by atoms with Gasteiger partial charge in [0.1, 0.15) is 11.3 Å². The van der Waals surface area contributed by atoms with E-state index in [9.17, 15) is 14.7 Å². The Labute approximate surface area is 166 Å². The number of hydrogen-bond acceptors (Lipinski definition) is 4. The van der Waals surface area contributed by atoms with E-state index in [-0.39, 0.29) is 29.1 Å². The third kappa shape index (κ3) is 4.71. The summed E-state index contributed by atoms with van der Waals surface area (Å²) in [6, 6.07) is 12.4. The second-order valence-electron chi connectivity index (χ2n) is 7.74. The Bertz CT molecular complexity index is 841. The average molecular weight is 383 g/mol. The van der Waals surface area contributed by atoms with Gasteiger partial charge >= 0.3 is 5.97 Å². The van der Waals surface area contributed by atoms with Crippen LogP contribution in [0.5, 0.6) is 5.75 Å². The van der Waals surface area contributed by atoms with Gasteiger partial charge in [-0.1, -0.05) is 64.1 Å². The van der Waals surface area contributed by atoms with E-state index in [1.54, 1.807) is 44.4 Å². The first-order valence-electron chi connectivity index (χ1n) is 9.47. The highest BCUT2D eigenvalue weighted by atomic mass is 16.5. The minimum atomic E-state index is -1.08. The molecule has 2 rings (SSSR count). The van der Waals surface area contributed by atoms with Crippen LogP contribution in [-0.2, 0) is 9.53 Å². The summed E-state index contributed by atoms with van der Waals surface area (Å²) in [5.74, 6) is -0.931. The number of phenolic OH excluding ortho intramolecular Hbond substituents is 1. The quantitative estimate of drug-likeness (QED) is 0.739. The maximum Gasteiger partial charge on any atom is 0.343 e. The van der Waals surface area contributed by atoms with Crippen LogP contribution >= 0.6 is 0 Å². The number of phenols is 1. The van der Waals surface area contributed by atoms with E-state index in [0.717, 1.165) is 5.56 Å². The van der Waals surface area contributed by atoms with E-state index in [1.807, 2.05) is 39.8 Å². The van der Waals surface area contributed by atoms with Crippen molar-refractivity contribution < 1.29 is 19.4 Å². The van der Waals surface area contributed by atoms with Gasteiger partial charge in [-0.25, -0.2) is 4.79 Å². The van der Waals surface area contributed by atoms with Gasteiger partial charge in [0.05, 0.1) is 0 Å². The van der Waals surface area contributed by atoms with E-state index in [1.165, 1.54) is 4.90 Å². The number of aromatic hydroxyl groups is 1. The van der Waals surface area contributed by atoms with Gasteiger partial charge in [-0.2, -0.15) is 0 Å². The third-order valence-electron chi connectivity index (χ3n) is 4.66. The Kier molecular flexibility index (Phi) is 6.84. The largest absolute Gasteiger partial charge is 0.507 e. The maximum atomic E-state index is 13.0. The molecule has 1 amide bonds.